The van der Waals surface area contributed by atoms with Crippen LogP contribution in [0.2, 0.25) is 0 Å². The van der Waals surface area contributed by atoms with Gasteiger partial charge in [0.25, 0.3) is 0 Å². The highest BCUT2D eigenvalue weighted by Gasteiger charge is 2.25. The maximum absolute atomic E-state index is 12.6. The molecule has 0 aromatic heterocycles. The fraction of sp³-hybridized carbons (Fsp3) is 0.200. The Morgan fingerprint density at radius 2 is 1.56 bits per heavy atom. The largest absolute Gasteiger partial charge is 0.465 e. The molecule has 0 bridgehead atoms. The van der Waals surface area contributed by atoms with E-state index >= 15 is 0 Å². The third kappa shape index (κ3) is 7.08. The molecule has 34 heavy (non-hydrogen) atoms. The van der Waals surface area contributed by atoms with Crippen molar-refractivity contribution >= 4 is 22.2 Å². The highest BCUT2D eigenvalue weighted by Crippen LogP contribution is 2.25. The summed E-state index contributed by atoms with van der Waals surface area (Å²) in [7, 11) is -4.05. The van der Waals surface area contributed by atoms with Crippen molar-refractivity contribution in [1.82, 2.24) is 5.32 Å². The van der Waals surface area contributed by atoms with E-state index < -0.39 is 28.1 Å². The van der Waals surface area contributed by atoms with Crippen molar-refractivity contribution in [1.29, 1.82) is 0 Å². The van der Waals surface area contributed by atoms with Crippen LogP contribution in [0.5, 0.6) is 5.75 Å². The van der Waals surface area contributed by atoms with Gasteiger partial charge in [-0.05, 0) is 42.3 Å². The van der Waals surface area contributed by atoms with Crippen LogP contribution in [-0.2, 0) is 31.0 Å². The van der Waals surface area contributed by atoms with Gasteiger partial charge in [0.2, 0.25) is 0 Å². The van der Waals surface area contributed by atoms with Gasteiger partial charge < -0.3 is 19.0 Å². The first kappa shape index (κ1) is 24.8. The van der Waals surface area contributed by atoms with Gasteiger partial charge in [0, 0.05) is 6.54 Å². The number of carbonyl (C=O) groups excluding carboxylic acids is 2. The van der Waals surface area contributed by atoms with E-state index in [1.807, 2.05) is 30.3 Å². The number of ether oxygens (including phenoxy) is 2. The van der Waals surface area contributed by atoms with Gasteiger partial charge in [-0.15, -0.1) is 0 Å². The number of carbonyl (C=O) groups is 2. The molecule has 0 aliphatic heterocycles. The van der Waals surface area contributed by atoms with Gasteiger partial charge in [-0.3, -0.25) is 4.79 Å². The van der Waals surface area contributed by atoms with Gasteiger partial charge in [0.15, 0.2) is 0 Å². The molecule has 0 saturated carbocycles. The van der Waals surface area contributed by atoms with Gasteiger partial charge in [0.1, 0.15) is 17.3 Å². The molecule has 9 heteroatoms. The predicted octanol–water partition coefficient (Wildman–Crippen LogP) is 4.03. The molecule has 0 heterocycles. The Kier molecular flexibility index (Phi) is 8.64. The summed E-state index contributed by atoms with van der Waals surface area (Å²) in [6, 6.07) is 23.0. The lowest BCUT2D eigenvalue weighted by Crippen LogP contribution is -2.33. The maximum Gasteiger partial charge on any atom is 0.407 e. The quantitative estimate of drug-likeness (QED) is 0.343. The van der Waals surface area contributed by atoms with E-state index in [0.29, 0.717) is 5.56 Å². The van der Waals surface area contributed by atoms with E-state index in [1.165, 1.54) is 24.3 Å². The summed E-state index contributed by atoms with van der Waals surface area (Å²) >= 11 is 0. The van der Waals surface area contributed by atoms with Crippen LogP contribution in [0.15, 0.2) is 89.8 Å². The highest BCUT2D eigenvalue weighted by atomic mass is 32.2. The molecular weight excluding hydrogens is 458 g/mol. The van der Waals surface area contributed by atoms with Crippen molar-refractivity contribution in [3.63, 3.8) is 0 Å². The standard InChI is InChI=1S/C25H25NO7S/c1-2-31-24(27)23(17-26-25(28)32-18-19-10-5-3-6-11-19)20-12-9-13-21(16-20)33-34(29,30)22-14-7-4-8-15-22/h3-16,23H,2,17-18H2,1H3,(H,26,28). The monoisotopic (exact) mass is 483 g/mol. The fourth-order valence-corrected chi connectivity index (χ4v) is 4.03. The normalized spacial score (nSPS) is 11.8. The lowest BCUT2D eigenvalue weighted by Gasteiger charge is -2.17. The summed E-state index contributed by atoms with van der Waals surface area (Å²) < 4.78 is 40.6. The zero-order valence-electron chi connectivity index (χ0n) is 18.5. The van der Waals surface area contributed by atoms with Crippen molar-refractivity contribution in [2.45, 2.75) is 24.3 Å². The Hall–Kier alpha value is -3.85. The van der Waals surface area contributed by atoms with E-state index in [1.54, 1.807) is 37.3 Å². The van der Waals surface area contributed by atoms with Crippen LogP contribution in [0, 0.1) is 0 Å². The minimum atomic E-state index is -4.05. The molecule has 3 aromatic carbocycles. The maximum atomic E-state index is 12.6. The third-order valence-electron chi connectivity index (χ3n) is 4.73. The summed E-state index contributed by atoms with van der Waals surface area (Å²) in [4.78, 5) is 24.7. The topological polar surface area (TPSA) is 108 Å². The van der Waals surface area contributed by atoms with Crippen LogP contribution in [0.25, 0.3) is 0 Å². The molecule has 0 aliphatic carbocycles. The number of nitrogens with one attached hydrogen (secondary N) is 1. The molecule has 1 N–H and O–H groups in total. The summed E-state index contributed by atoms with van der Waals surface area (Å²) in [6.07, 6.45) is -0.697. The summed E-state index contributed by atoms with van der Waals surface area (Å²) in [6.45, 7) is 1.79. The van der Waals surface area contributed by atoms with Gasteiger partial charge in [-0.25, -0.2) is 4.79 Å². The van der Waals surface area contributed by atoms with Gasteiger partial charge in [-0.1, -0.05) is 60.7 Å². The fourth-order valence-electron chi connectivity index (χ4n) is 3.08. The lowest BCUT2D eigenvalue weighted by atomic mass is 9.99. The van der Waals surface area contributed by atoms with Crippen molar-refractivity contribution in [2.24, 2.45) is 0 Å². The molecule has 0 saturated heterocycles. The molecular formula is C25H25NO7S. The summed E-state index contributed by atoms with van der Waals surface area (Å²) in [5.41, 5.74) is 1.24. The number of amides is 1. The zero-order chi connectivity index (χ0) is 24.4. The second-order valence-corrected chi connectivity index (χ2v) is 8.72. The van der Waals surface area contributed by atoms with Crippen molar-refractivity contribution < 1.29 is 31.7 Å². The molecule has 0 spiro atoms. The van der Waals surface area contributed by atoms with E-state index in [4.69, 9.17) is 13.7 Å². The van der Waals surface area contributed by atoms with Crippen molar-refractivity contribution in [3.05, 3.63) is 96.1 Å². The summed E-state index contributed by atoms with van der Waals surface area (Å²) in [5, 5.41) is 2.56. The molecule has 3 aromatic rings. The molecule has 8 nitrogen and oxygen atoms in total. The van der Waals surface area contributed by atoms with Crippen LogP contribution in [0.3, 0.4) is 0 Å². The van der Waals surface area contributed by atoms with E-state index in [0.717, 1.165) is 5.56 Å². The van der Waals surface area contributed by atoms with E-state index in [-0.39, 0.29) is 30.4 Å². The first-order valence-corrected chi connectivity index (χ1v) is 12.0. The second-order valence-electron chi connectivity index (χ2n) is 7.17. The van der Waals surface area contributed by atoms with Crippen LogP contribution >= 0.6 is 0 Å². The first-order chi connectivity index (χ1) is 16.4. The van der Waals surface area contributed by atoms with Crippen LogP contribution in [-0.4, -0.2) is 33.6 Å². The molecule has 178 valence electrons. The van der Waals surface area contributed by atoms with Crippen molar-refractivity contribution in [3.8, 4) is 5.75 Å². The van der Waals surface area contributed by atoms with Gasteiger partial charge in [-0.2, -0.15) is 8.42 Å². The average Bonchev–Trinajstić information content (AvgIpc) is 2.84. The molecule has 1 amide bonds. The summed E-state index contributed by atoms with van der Waals surface area (Å²) in [5.74, 6) is -1.44. The van der Waals surface area contributed by atoms with Crippen LogP contribution in [0.4, 0.5) is 4.79 Å². The highest BCUT2D eigenvalue weighted by molar-refractivity contribution is 7.87. The number of alkyl carbamates (subject to hydrolysis) is 1. The number of hydrogen-bond donors (Lipinski definition) is 1. The van der Waals surface area contributed by atoms with E-state index in [2.05, 4.69) is 5.32 Å². The molecule has 0 radical (unpaired) electrons. The number of hydrogen-bond acceptors (Lipinski definition) is 7. The lowest BCUT2D eigenvalue weighted by molar-refractivity contribution is -0.144. The van der Waals surface area contributed by atoms with Crippen molar-refractivity contribution in [2.75, 3.05) is 13.2 Å². The average molecular weight is 484 g/mol. The molecule has 3 rings (SSSR count). The third-order valence-corrected chi connectivity index (χ3v) is 5.99. The zero-order valence-corrected chi connectivity index (χ0v) is 19.4. The van der Waals surface area contributed by atoms with Gasteiger partial charge >= 0.3 is 22.2 Å². The Labute approximate surface area is 198 Å². The predicted molar refractivity (Wildman–Crippen MR) is 125 cm³/mol. The Morgan fingerprint density at radius 1 is 0.882 bits per heavy atom. The minimum Gasteiger partial charge on any atom is -0.465 e. The number of esters is 1. The first-order valence-electron chi connectivity index (χ1n) is 10.6. The van der Waals surface area contributed by atoms with Gasteiger partial charge in [0.05, 0.1) is 12.5 Å². The molecule has 0 fully saturated rings. The number of rotatable bonds is 10. The SMILES string of the molecule is CCOC(=O)C(CNC(=O)OCc1ccccc1)c1cccc(OS(=O)(=O)c2ccccc2)c1. The van der Waals surface area contributed by atoms with E-state index in [9.17, 15) is 18.0 Å². The number of benzene rings is 3. The van der Waals surface area contributed by atoms with Crippen LogP contribution < -0.4 is 9.50 Å². The second kappa shape index (κ2) is 11.9. The Morgan fingerprint density at radius 3 is 2.24 bits per heavy atom. The molecule has 0 aliphatic rings. The Bertz CT molecular complexity index is 1200. The smallest absolute Gasteiger partial charge is 0.407 e. The molecule has 1 atom stereocenters. The molecule has 1 unspecified atom stereocenters. The van der Waals surface area contributed by atoms with Crippen LogP contribution in [0.1, 0.15) is 24.0 Å². The Balaban J connectivity index is 1.70. The minimum absolute atomic E-state index is 0.00479.